The van der Waals surface area contributed by atoms with Crippen LogP contribution in [0.3, 0.4) is 0 Å². The van der Waals surface area contributed by atoms with Crippen LogP contribution in [0.1, 0.15) is 226 Å². The molecule has 57 heavy (non-hydrogen) atoms. The average molecular weight is 813 g/mol. The summed E-state index contributed by atoms with van der Waals surface area (Å²) in [6.07, 6.45) is 38.1. The van der Waals surface area contributed by atoms with Gasteiger partial charge in [-0.15, -0.1) is 0 Å². The first-order valence-electron chi connectivity index (χ1n) is 24.3. The van der Waals surface area contributed by atoms with Gasteiger partial charge in [-0.25, -0.2) is 0 Å². The second-order valence-electron chi connectivity index (χ2n) is 16.9. The average Bonchev–Trinajstić information content (AvgIpc) is 3.21. The van der Waals surface area contributed by atoms with Crippen molar-refractivity contribution in [3.63, 3.8) is 0 Å². The van der Waals surface area contributed by atoms with Crippen LogP contribution in [0.15, 0.2) is 12.2 Å². The summed E-state index contributed by atoms with van der Waals surface area (Å²) in [6.45, 7) is 4.59. The molecular weight excluding hydrogens is 721 g/mol. The molecule has 9 heteroatoms. The first-order valence-corrected chi connectivity index (χ1v) is 24.3. The number of hydrogen-bond acceptors (Lipinski definition) is 9. The van der Waals surface area contributed by atoms with Gasteiger partial charge in [0, 0.05) is 13.0 Å². The molecule has 1 fully saturated rings. The van der Waals surface area contributed by atoms with Crippen LogP contribution < -0.4 is 0 Å². The fourth-order valence-corrected chi connectivity index (χ4v) is 7.61. The topological polar surface area (TPSA) is 135 Å². The predicted octanol–water partition coefficient (Wildman–Crippen LogP) is 11.2. The first-order chi connectivity index (χ1) is 27.9. The fourth-order valence-electron chi connectivity index (χ4n) is 7.61. The van der Waals surface area contributed by atoms with E-state index in [1.807, 2.05) is 0 Å². The molecule has 6 unspecified atom stereocenters. The number of allylic oxidation sites excluding steroid dienone is 2. The molecule has 0 saturated carbocycles. The van der Waals surface area contributed by atoms with Crippen LogP contribution in [-0.4, -0.2) is 89.6 Å². The molecule has 1 aliphatic rings. The molecule has 9 nitrogen and oxygen atoms in total. The molecule has 0 amide bonds. The van der Waals surface area contributed by atoms with Crippen molar-refractivity contribution in [1.82, 2.24) is 0 Å². The lowest BCUT2D eigenvalue weighted by Crippen LogP contribution is -2.59. The number of carbonyl (C=O) groups excluding carboxylic acids is 1. The highest BCUT2D eigenvalue weighted by atomic mass is 16.7. The summed E-state index contributed by atoms with van der Waals surface area (Å²) in [5, 5.41) is 40.2. The van der Waals surface area contributed by atoms with Gasteiger partial charge in [0.1, 0.15) is 30.5 Å². The molecule has 1 aliphatic heterocycles. The van der Waals surface area contributed by atoms with E-state index in [4.69, 9.17) is 18.9 Å². The first kappa shape index (κ1) is 53.9. The lowest BCUT2D eigenvalue weighted by atomic mass is 9.99. The van der Waals surface area contributed by atoms with E-state index >= 15 is 0 Å². The number of esters is 1. The molecule has 6 atom stereocenters. The van der Waals surface area contributed by atoms with E-state index in [1.54, 1.807) is 0 Å². The maximum atomic E-state index is 12.8. The second-order valence-corrected chi connectivity index (χ2v) is 16.9. The van der Waals surface area contributed by atoms with Gasteiger partial charge in [-0.2, -0.15) is 0 Å². The molecule has 0 aromatic rings. The monoisotopic (exact) mass is 813 g/mol. The number of carbonyl (C=O) groups is 1. The number of rotatable bonds is 42. The van der Waals surface area contributed by atoms with Gasteiger partial charge in [0.15, 0.2) is 6.29 Å². The minimum atomic E-state index is -1.53. The van der Waals surface area contributed by atoms with E-state index in [0.717, 1.165) is 32.1 Å². The van der Waals surface area contributed by atoms with E-state index in [0.29, 0.717) is 13.0 Å². The highest BCUT2D eigenvalue weighted by Gasteiger charge is 2.44. The highest BCUT2D eigenvalue weighted by molar-refractivity contribution is 5.69. The zero-order chi connectivity index (χ0) is 41.4. The number of unbranched alkanes of at least 4 members (excludes halogenated alkanes) is 29. The molecule has 4 N–H and O–H groups in total. The van der Waals surface area contributed by atoms with Gasteiger partial charge in [-0.1, -0.05) is 193 Å². The maximum absolute atomic E-state index is 12.8. The quantitative estimate of drug-likeness (QED) is 0.0270. The smallest absolute Gasteiger partial charge is 0.306 e. The summed E-state index contributed by atoms with van der Waals surface area (Å²) >= 11 is 0. The highest BCUT2D eigenvalue weighted by Crippen LogP contribution is 2.23. The third-order valence-corrected chi connectivity index (χ3v) is 11.4. The van der Waals surface area contributed by atoms with Gasteiger partial charge in [0.2, 0.25) is 0 Å². The summed E-state index contributed by atoms with van der Waals surface area (Å²) < 4.78 is 22.9. The SMILES string of the molecule is CCCCCCCCC/C=C\CCCCCCCCCCOCC(COC1OC(CO)C(O)C(O)C1O)OC(=O)CCCCCCCCCCCCCCCCC. The fraction of sp³-hybridized carbons (Fsp3) is 0.938. The Bertz CT molecular complexity index is 884. The minimum absolute atomic E-state index is 0.109. The van der Waals surface area contributed by atoms with Gasteiger partial charge in [0.05, 0.1) is 19.8 Å². The van der Waals surface area contributed by atoms with E-state index < -0.39 is 43.4 Å². The summed E-state index contributed by atoms with van der Waals surface area (Å²) in [5.74, 6) is -0.310. The van der Waals surface area contributed by atoms with Crippen molar-refractivity contribution in [3.05, 3.63) is 12.2 Å². The molecule has 0 aromatic heterocycles. The minimum Gasteiger partial charge on any atom is -0.457 e. The molecule has 1 heterocycles. The van der Waals surface area contributed by atoms with Crippen molar-refractivity contribution in [2.24, 2.45) is 0 Å². The summed E-state index contributed by atoms with van der Waals surface area (Å²) in [4.78, 5) is 12.8. The van der Waals surface area contributed by atoms with Crippen LogP contribution in [0.4, 0.5) is 0 Å². The normalized spacial score (nSPS) is 20.4. The number of aliphatic hydroxyl groups is 4. The molecule has 0 radical (unpaired) electrons. The Morgan fingerprint density at radius 1 is 0.544 bits per heavy atom. The van der Waals surface area contributed by atoms with E-state index in [2.05, 4.69) is 26.0 Å². The Morgan fingerprint density at radius 3 is 1.42 bits per heavy atom. The van der Waals surface area contributed by atoms with Crippen molar-refractivity contribution in [1.29, 1.82) is 0 Å². The number of ether oxygens (including phenoxy) is 4. The zero-order valence-corrected chi connectivity index (χ0v) is 37.1. The largest absolute Gasteiger partial charge is 0.457 e. The van der Waals surface area contributed by atoms with Crippen LogP contribution >= 0.6 is 0 Å². The molecule has 0 spiro atoms. The van der Waals surface area contributed by atoms with Crippen molar-refractivity contribution in [2.45, 2.75) is 263 Å². The van der Waals surface area contributed by atoms with Crippen LogP contribution in [-0.2, 0) is 23.7 Å². The third kappa shape index (κ3) is 31.5. The Kier molecular flexibility index (Phi) is 38.2. The van der Waals surface area contributed by atoms with Gasteiger partial charge >= 0.3 is 5.97 Å². The van der Waals surface area contributed by atoms with Gasteiger partial charge < -0.3 is 39.4 Å². The molecule has 0 aromatic carbocycles. The Morgan fingerprint density at radius 2 is 0.965 bits per heavy atom. The molecule has 0 bridgehead atoms. The Balaban J connectivity index is 2.22. The molecule has 338 valence electrons. The summed E-state index contributed by atoms with van der Waals surface area (Å²) in [5.41, 5.74) is 0. The van der Waals surface area contributed by atoms with Crippen LogP contribution in [0.2, 0.25) is 0 Å². The van der Waals surface area contributed by atoms with E-state index in [1.165, 1.54) is 173 Å². The van der Waals surface area contributed by atoms with Gasteiger partial charge in [-0.05, 0) is 38.5 Å². The van der Waals surface area contributed by atoms with Crippen LogP contribution in [0, 0.1) is 0 Å². The Labute approximate surface area is 350 Å². The van der Waals surface area contributed by atoms with Crippen molar-refractivity contribution in [3.8, 4) is 0 Å². The van der Waals surface area contributed by atoms with Gasteiger partial charge in [-0.3, -0.25) is 4.79 Å². The summed E-state index contributed by atoms with van der Waals surface area (Å²) in [6, 6.07) is 0. The van der Waals surface area contributed by atoms with Crippen molar-refractivity contribution < 1.29 is 44.2 Å². The van der Waals surface area contributed by atoms with Crippen LogP contribution in [0.5, 0.6) is 0 Å². The molecule has 0 aliphatic carbocycles. The lowest BCUT2D eigenvalue weighted by Gasteiger charge is -2.39. The molecular formula is C48H92O9. The van der Waals surface area contributed by atoms with Crippen LogP contribution in [0.25, 0.3) is 0 Å². The molecule has 1 saturated heterocycles. The Hall–Kier alpha value is -1.07. The maximum Gasteiger partial charge on any atom is 0.306 e. The van der Waals surface area contributed by atoms with Gasteiger partial charge in [0.25, 0.3) is 0 Å². The number of aliphatic hydroxyl groups excluding tert-OH is 4. The standard InChI is InChI=1S/C48H92O9/c1-3-5-7-9-11-13-15-17-19-20-21-22-24-26-28-30-32-34-36-38-54-40-42(41-55-48-47(53)46(52)45(51)43(39-49)57-48)56-44(50)37-35-33-31-29-27-25-23-18-16-14-12-10-8-6-4-2/h19-20,42-43,45-49,51-53H,3-18,21-41H2,1-2H3/b20-19-. The van der Waals surface area contributed by atoms with Crippen molar-refractivity contribution in [2.75, 3.05) is 26.4 Å². The lowest BCUT2D eigenvalue weighted by molar-refractivity contribution is -0.305. The van der Waals surface area contributed by atoms with E-state index in [-0.39, 0.29) is 19.2 Å². The zero-order valence-electron chi connectivity index (χ0n) is 37.1. The van der Waals surface area contributed by atoms with E-state index in [9.17, 15) is 25.2 Å². The summed E-state index contributed by atoms with van der Waals surface area (Å²) in [7, 11) is 0. The molecule has 1 rings (SSSR count). The third-order valence-electron chi connectivity index (χ3n) is 11.4. The number of hydrogen-bond donors (Lipinski definition) is 4. The second kappa shape index (κ2) is 40.3. The predicted molar refractivity (Wildman–Crippen MR) is 233 cm³/mol. The van der Waals surface area contributed by atoms with Crippen molar-refractivity contribution >= 4 is 5.97 Å².